The van der Waals surface area contributed by atoms with Crippen molar-refractivity contribution in [2.45, 2.75) is 30.3 Å². The van der Waals surface area contributed by atoms with Gasteiger partial charge in [-0.3, -0.25) is 0 Å². The maximum Gasteiger partial charge on any atom is 0.230 e. The predicted molar refractivity (Wildman–Crippen MR) is 81.8 cm³/mol. The Balaban J connectivity index is 3.19. The first-order valence-electron chi connectivity index (χ1n) is 6.15. The van der Waals surface area contributed by atoms with E-state index in [1.54, 1.807) is 18.2 Å². The van der Waals surface area contributed by atoms with Gasteiger partial charge in [0.25, 0.3) is 0 Å². The van der Waals surface area contributed by atoms with Crippen molar-refractivity contribution in [3.8, 4) is 0 Å². The first-order valence-corrected chi connectivity index (χ1v) is 7.74. The second-order valence-electron chi connectivity index (χ2n) is 4.20. The summed E-state index contributed by atoms with van der Waals surface area (Å²) in [6.45, 7) is 5.56. The third kappa shape index (κ3) is 4.46. The monoisotopic (exact) mass is 316 g/mol. The molecule has 20 heavy (non-hydrogen) atoms. The van der Waals surface area contributed by atoms with E-state index in [2.05, 4.69) is 6.58 Å². The molecule has 110 valence electrons. The second-order valence-corrected chi connectivity index (χ2v) is 6.09. The molecule has 0 saturated heterocycles. The van der Waals surface area contributed by atoms with Crippen molar-refractivity contribution in [3.63, 3.8) is 0 Å². The average molecular weight is 317 g/mol. The van der Waals surface area contributed by atoms with Crippen LogP contribution in [0.3, 0.4) is 0 Å². The number of rotatable bonds is 7. The molecule has 0 amide bonds. The molecule has 0 saturated carbocycles. The number of hydrogen-bond acceptors (Lipinski definition) is 2. The Labute approximate surface area is 126 Å². The number of hydrogen-bond donors (Lipinski definition) is 0. The Morgan fingerprint density at radius 3 is 2.55 bits per heavy atom. The van der Waals surface area contributed by atoms with Crippen molar-refractivity contribution in [2.75, 3.05) is 7.11 Å². The Hall–Kier alpha value is -1.13. The zero-order valence-electron chi connectivity index (χ0n) is 11.6. The lowest BCUT2D eigenvalue weighted by molar-refractivity contribution is 0.238. The highest BCUT2D eigenvalue weighted by Gasteiger charge is 2.21. The molecule has 0 radical (unpaired) electrons. The van der Waals surface area contributed by atoms with Crippen molar-refractivity contribution < 1.29 is 13.3 Å². The summed E-state index contributed by atoms with van der Waals surface area (Å²) in [5, 5.41) is 0. The first-order chi connectivity index (χ1) is 9.51. The molecule has 0 aliphatic heterocycles. The van der Waals surface area contributed by atoms with Crippen LogP contribution in [0.2, 0.25) is 0 Å². The maximum absolute atomic E-state index is 13.4. The van der Waals surface area contributed by atoms with Crippen LogP contribution < -0.4 is 0 Å². The van der Waals surface area contributed by atoms with Gasteiger partial charge in [0.05, 0.1) is 22.8 Å². The van der Waals surface area contributed by atoms with E-state index in [0.29, 0.717) is 22.6 Å². The van der Waals surface area contributed by atoms with Gasteiger partial charge in [-0.2, -0.15) is 0 Å². The lowest BCUT2D eigenvalue weighted by Gasteiger charge is -2.14. The Kier molecular flexibility index (Phi) is 6.96. The van der Waals surface area contributed by atoms with E-state index < -0.39 is 16.4 Å². The number of allylic oxidation sites excluding steroid dienone is 3. The minimum absolute atomic E-state index is 0.0765. The molecule has 0 bridgehead atoms. The van der Waals surface area contributed by atoms with Gasteiger partial charge in [-0.15, -0.1) is 6.58 Å². The molecule has 1 rings (SSSR count). The summed E-state index contributed by atoms with van der Waals surface area (Å²) in [7, 11) is -0.175. The first kappa shape index (κ1) is 16.9. The number of halogens is 2. The fraction of sp³-hybridized carbons (Fsp3) is 0.333. The molecule has 2 nitrogen and oxygen atoms in total. The molecule has 0 heterocycles. The summed E-state index contributed by atoms with van der Waals surface area (Å²) in [4.78, 5) is 0.959. The standard InChI is InChI=1S/C15H18ClFO2S/c1-4-5-6-13(14(19-3)15(16)17)20(18)12-9-7-11(2)8-10-12/h4,7-10,15H,1,5-6H2,2-3H3/b14-13-. The van der Waals surface area contributed by atoms with E-state index in [0.717, 1.165) is 5.56 Å². The van der Waals surface area contributed by atoms with Crippen molar-refractivity contribution >= 4 is 22.4 Å². The van der Waals surface area contributed by atoms with Crippen LogP contribution in [0.5, 0.6) is 0 Å². The summed E-state index contributed by atoms with van der Waals surface area (Å²) >= 11 is 5.46. The molecule has 0 aromatic heterocycles. The summed E-state index contributed by atoms with van der Waals surface area (Å²) in [5.74, 6) is -0.0765. The SMILES string of the molecule is C=CCC/C(=C(/OC)C(F)Cl)S(=O)c1ccc(C)cc1. The molecule has 2 atom stereocenters. The molecule has 1 aromatic carbocycles. The van der Waals surface area contributed by atoms with E-state index in [-0.39, 0.29) is 5.76 Å². The van der Waals surface area contributed by atoms with Gasteiger partial charge in [0.2, 0.25) is 5.63 Å². The number of aryl methyl sites for hydroxylation is 1. The van der Waals surface area contributed by atoms with Crippen LogP contribution in [0.1, 0.15) is 18.4 Å². The molecule has 2 unspecified atom stereocenters. The smallest absolute Gasteiger partial charge is 0.230 e. The maximum atomic E-state index is 13.4. The van der Waals surface area contributed by atoms with Crippen LogP contribution in [0.25, 0.3) is 0 Å². The largest absolute Gasteiger partial charge is 0.496 e. The molecule has 0 spiro atoms. The predicted octanol–water partition coefficient (Wildman–Crippen LogP) is 4.46. The third-order valence-electron chi connectivity index (χ3n) is 2.73. The van der Waals surface area contributed by atoms with Gasteiger partial charge in [-0.05, 0) is 31.9 Å². The lowest BCUT2D eigenvalue weighted by Crippen LogP contribution is -2.08. The van der Waals surface area contributed by atoms with E-state index in [1.807, 2.05) is 19.1 Å². The van der Waals surface area contributed by atoms with Crippen LogP contribution in [0.4, 0.5) is 4.39 Å². The molecular weight excluding hydrogens is 299 g/mol. The van der Waals surface area contributed by atoms with Crippen LogP contribution in [0, 0.1) is 6.92 Å². The average Bonchev–Trinajstić information content (AvgIpc) is 2.43. The second kappa shape index (κ2) is 8.22. The highest BCUT2D eigenvalue weighted by Crippen LogP contribution is 2.27. The van der Waals surface area contributed by atoms with Crippen LogP contribution in [-0.2, 0) is 15.5 Å². The summed E-state index contributed by atoms with van der Waals surface area (Å²) < 4.78 is 31.0. The van der Waals surface area contributed by atoms with Gasteiger partial charge in [0.15, 0.2) is 5.76 Å². The summed E-state index contributed by atoms with van der Waals surface area (Å²) in [6, 6.07) is 7.24. The Morgan fingerprint density at radius 1 is 1.50 bits per heavy atom. The van der Waals surface area contributed by atoms with Crippen molar-refractivity contribution in [1.29, 1.82) is 0 Å². The van der Waals surface area contributed by atoms with Crippen molar-refractivity contribution in [2.24, 2.45) is 0 Å². The normalized spacial score (nSPS) is 15.2. The van der Waals surface area contributed by atoms with Gasteiger partial charge in [0.1, 0.15) is 0 Å². The zero-order valence-corrected chi connectivity index (χ0v) is 13.1. The topological polar surface area (TPSA) is 26.3 Å². The molecular formula is C15H18ClFO2S. The van der Waals surface area contributed by atoms with Gasteiger partial charge in [0, 0.05) is 4.90 Å². The highest BCUT2D eigenvalue weighted by molar-refractivity contribution is 7.89. The van der Waals surface area contributed by atoms with Gasteiger partial charge in [-0.1, -0.05) is 35.4 Å². The third-order valence-corrected chi connectivity index (χ3v) is 4.48. The fourth-order valence-electron chi connectivity index (χ4n) is 1.67. The summed E-state index contributed by atoms with van der Waals surface area (Å²) in [6.07, 6.45) is 2.64. The fourth-order valence-corrected chi connectivity index (χ4v) is 3.30. The van der Waals surface area contributed by atoms with E-state index >= 15 is 0 Å². The number of benzene rings is 1. The highest BCUT2D eigenvalue weighted by atomic mass is 35.5. The van der Waals surface area contributed by atoms with Crippen LogP contribution in [-0.4, -0.2) is 16.9 Å². The minimum atomic E-state index is -1.81. The number of methoxy groups -OCH3 is 1. The minimum Gasteiger partial charge on any atom is -0.496 e. The van der Waals surface area contributed by atoms with E-state index in [4.69, 9.17) is 16.3 Å². The Bertz CT molecular complexity index is 509. The quantitative estimate of drug-likeness (QED) is 0.422. The molecule has 0 N–H and O–H groups in total. The molecule has 0 aliphatic rings. The van der Waals surface area contributed by atoms with Gasteiger partial charge >= 0.3 is 0 Å². The zero-order chi connectivity index (χ0) is 15.1. The van der Waals surface area contributed by atoms with E-state index in [1.165, 1.54) is 7.11 Å². The van der Waals surface area contributed by atoms with Crippen molar-refractivity contribution in [3.05, 3.63) is 53.1 Å². The van der Waals surface area contributed by atoms with E-state index in [9.17, 15) is 8.60 Å². The molecule has 0 fully saturated rings. The summed E-state index contributed by atoms with van der Waals surface area (Å²) in [5.41, 5.74) is -0.746. The number of ether oxygens (including phenoxy) is 1. The molecule has 1 aromatic rings. The number of alkyl halides is 2. The van der Waals surface area contributed by atoms with Crippen LogP contribution >= 0.6 is 11.6 Å². The van der Waals surface area contributed by atoms with Crippen molar-refractivity contribution in [1.82, 2.24) is 0 Å². The lowest BCUT2D eigenvalue weighted by atomic mass is 10.2. The Morgan fingerprint density at radius 2 is 2.10 bits per heavy atom. The molecule has 0 aliphatic carbocycles. The van der Waals surface area contributed by atoms with Crippen LogP contribution in [0.15, 0.2) is 52.5 Å². The van der Waals surface area contributed by atoms with Gasteiger partial charge in [-0.25, -0.2) is 8.60 Å². The molecule has 5 heteroatoms. The van der Waals surface area contributed by atoms with Gasteiger partial charge < -0.3 is 4.74 Å².